The lowest BCUT2D eigenvalue weighted by atomic mass is 9.98. The summed E-state index contributed by atoms with van der Waals surface area (Å²) in [4.78, 5) is 9.35. The average molecular weight is 693 g/mol. The first-order valence-electron chi connectivity index (χ1n) is 18.4. The van der Waals surface area contributed by atoms with Gasteiger partial charge in [-0.3, -0.25) is 9.55 Å². The van der Waals surface area contributed by atoms with E-state index in [9.17, 15) is 0 Å². The molecule has 0 aliphatic carbocycles. The van der Waals surface area contributed by atoms with Gasteiger partial charge in [-0.15, -0.1) is 0 Å². The highest BCUT2D eigenvalue weighted by Crippen LogP contribution is 2.48. The number of quaternary nitrogens is 1. The first-order valence-corrected chi connectivity index (χ1v) is 18.4. The van der Waals surface area contributed by atoms with E-state index in [1.165, 1.54) is 60.4 Å². The van der Waals surface area contributed by atoms with Gasteiger partial charge in [-0.2, -0.15) is 0 Å². The second-order valence-corrected chi connectivity index (χ2v) is 14.0. The van der Waals surface area contributed by atoms with Crippen molar-refractivity contribution in [2.75, 3.05) is 0 Å². The fourth-order valence-corrected chi connectivity index (χ4v) is 8.93. The van der Waals surface area contributed by atoms with Crippen LogP contribution in [0.15, 0.2) is 195 Å². The molecular weight excluding hydrogens is 659 g/mol. The summed E-state index contributed by atoms with van der Waals surface area (Å²) in [6.45, 7) is 0.713. The van der Waals surface area contributed by atoms with E-state index >= 15 is 0 Å². The molecule has 0 amide bonds. The van der Waals surface area contributed by atoms with E-state index in [4.69, 9.17) is 4.98 Å². The van der Waals surface area contributed by atoms with E-state index in [2.05, 4.69) is 178 Å². The molecule has 0 aliphatic heterocycles. The minimum atomic E-state index is 0.518. The summed E-state index contributed by atoms with van der Waals surface area (Å²) in [5, 5.41) is 7.57. The molecule has 0 unspecified atom stereocenters. The van der Waals surface area contributed by atoms with Crippen molar-refractivity contribution in [1.82, 2.24) is 23.6 Å². The van der Waals surface area contributed by atoms with Crippen molar-refractivity contribution in [3.05, 3.63) is 200 Å². The second-order valence-electron chi connectivity index (χ2n) is 14.0. The molecule has 7 aromatic carbocycles. The quantitative estimate of drug-likeness (QED) is 0.123. The molecule has 0 saturated heterocycles. The molecule has 0 aliphatic rings. The third kappa shape index (κ3) is 4.43. The van der Waals surface area contributed by atoms with Crippen molar-refractivity contribution in [1.29, 1.82) is 0 Å². The van der Waals surface area contributed by atoms with Crippen molar-refractivity contribution in [3.8, 4) is 11.5 Å². The van der Waals surface area contributed by atoms with Gasteiger partial charge in [0.1, 0.15) is 29.4 Å². The van der Waals surface area contributed by atoms with Crippen LogP contribution < -0.4 is 4.48 Å². The van der Waals surface area contributed by atoms with Crippen molar-refractivity contribution in [3.63, 3.8) is 0 Å². The Labute approximate surface area is 312 Å². The van der Waals surface area contributed by atoms with E-state index in [1.54, 1.807) is 0 Å². The Bertz CT molecular complexity index is 3060. The van der Waals surface area contributed by atoms with Gasteiger partial charge < -0.3 is 4.57 Å². The van der Waals surface area contributed by atoms with Crippen LogP contribution in [-0.4, -0.2) is 19.1 Å². The molecule has 4 aromatic heterocycles. The van der Waals surface area contributed by atoms with Crippen LogP contribution >= 0.6 is 0 Å². The standard InChI is InChI=1S/C49H34N5/c1-3-15-37(16-4-1)54(38-17-5-2-6-18-38,33-34-13-12-29-50-32-34)39-26-24-36(25-27-39)52-43-21-11-14-35-23-28-41-48-40-19-7-8-20-42(40)53(46-22-9-10-30-51-46)44(48)31-45(52)49(41)47(35)43/h1-32H,33H2/q+1. The molecule has 0 spiro atoms. The lowest BCUT2D eigenvalue weighted by Crippen LogP contribution is -2.38. The fraction of sp³-hybridized carbons (Fsp3) is 0.0204. The number of hydrogen-bond donors (Lipinski definition) is 0. The zero-order valence-electron chi connectivity index (χ0n) is 29.4. The molecule has 254 valence electrons. The van der Waals surface area contributed by atoms with Gasteiger partial charge in [0.15, 0.2) is 0 Å². The van der Waals surface area contributed by atoms with Crippen LogP contribution in [0.25, 0.3) is 65.9 Å². The van der Waals surface area contributed by atoms with Crippen LogP contribution in [0.4, 0.5) is 17.1 Å². The van der Waals surface area contributed by atoms with Crippen LogP contribution in [0.1, 0.15) is 5.56 Å². The number of hydrogen-bond acceptors (Lipinski definition) is 2. The van der Waals surface area contributed by atoms with E-state index in [-0.39, 0.29) is 0 Å². The van der Waals surface area contributed by atoms with Gasteiger partial charge in [-0.1, -0.05) is 91.0 Å². The summed E-state index contributed by atoms with van der Waals surface area (Å²) in [5.41, 5.74) is 10.5. The summed E-state index contributed by atoms with van der Waals surface area (Å²) in [5.74, 6) is 0.910. The van der Waals surface area contributed by atoms with E-state index in [0.29, 0.717) is 11.0 Å². The predicted octanol–water partition coefficient (Wildman–Crippen LogP) is 12.4. The third-order valence-corrected chi connectivity index (χ3v) is 11.2. The van der Waals surface area contributed by atoms with Crippen LogP contribution in [0.2, 0.25) is 0 Å². The molecule has 0 N–H and O–H groups in total. The Morgan fingerprint density at radius 2 is 1.15 bits per heavy atom. The Morgan fingerprint density at radius 1 is 0.444 bits per heavy atom. The number of para-hydroxylation sites is 3. The molecule has 0 bridgehead atoms. The Balaban J connectivity index is 1.19. The van der Waals surface area contributed by atoms with Gasteiger partial charge >= 0.3 is 0 Å². The van der Waals surface area contributed by atoms with Gasteiger partial charge in [-0.25, -0.2) is 9.47 Å². The van der Waals surface area contributed by atoms with Gasteiger partial charge in [0, 0.05) is 63.5 Å². The lowest BCUT2D eigenvalue weighted by molar-refractivity contribution is 0.511. The van der Waals surface area contributed by atoms with Crippen molar-refractivity contribution < 1.29 is 0 Å². The molecule has 0 saturated carbocycles. The van der Waals surface area contributed by atoms with Crippen molar-refractivity contribution in [2.24, 2.45) is 0 Å². The van der Waals surface area contributed by atoms with Gasteiger partial charge in [-0.05, 0) is 83.6 Å². The third-order valence-electron chi connectivity index (χ3n) is 11.2. The number of pyridine rings is 2. The first kappa shape index (κ1) is 30.5. The maximum atomic E-state index is 4.84. The van der Waals surface area contributed by atoms with Gasteiger partial charge in [0.25, 0.3) is 0 Å². The fourth-order valence-electron chi connectivity index (χ4n) is 8.93. The maximum absolute atomic E-state index is 4.84. The number of benzene rings is 7. The van der Waals surface area contributed by atoms with Crippen LogP contribution in [0.3, 0.4) is 0 Å². The summed E-state index contributed by atoms with van der Waals surface area (Å²) in [6.07, 6.45) is 5.71. The summed E-state index contributed by atoms with van der Waals surface area (Å²) in [7, 11) is 0. The topological polar surface area (TPSA) is 35.6 Å². The van der Waals surface area contributed by atoms with E-state index in [0.717, 1.165) is 28.1 Å². The molecule has 4 heterocycles. The molecule has 0 fully saturated rings. The zero-order chi connectivity index (χ0) is 35.6. The largest absolute Gasteiger partial charge is 0.309 e. The molecule has 0 atom stereocenters. The second kappa shape index (κ2) is 12.0. The van der Waals surface area contributed by atoms with E-state index < -0.39 is 0 Å². The molecular formula is C49H34N5+. The zero-order valence-corrected chi connectivity index (χ0v) is 29.4. The number of fused-ring (bicyclic) bond motifs is 4. The summed E-state index contributed by atoms with van der Waals surface area (Å²) < 4.78 is 5.29. The number of rotatable bonds is 7. The monoisotopic (exact) mass is 692 g/mol. The molecule has 0 radical (unpaired) electrons. The minimum Gasteiger partial charge on any atom is -0.309 e. The smallest absolute Gasteiger partial charge is 0.143 e. The van der Waals surface area contributed by atoms with E-state index in [1.807, 2.05) is 30.7 Å². The summed E-state index contributed by atoms with van der Waals surface area (Å²) in [6, 6.07) is 63.6. The number of nitrogens with zero attached hydrogens (tertiary/aromatic N) is 5. The van der Waals surface area contributed by atoms with Crippen molar-refractivity contribution >= 4 is 71.4 Å². The Morgan fingerprint density at radius 3 is 1.89 bits per heavy atom. The highest BCUT2D eigenvalue weighted by Gasteiger charge is 2.37. The van der Waals surface area contributed by atoms with Crippen LogP contribution in [0, 0.1) is 0 Å². The average Bonchev–Trinajstić information content (AvgIpc) is 3.77. The predicted molar refractivity (Wildman–Crippen MR) is 224 cm³/mol. The van der Waals surface area contributed by atoms with Gasteiger partial charge in [0.2, 0.25) is 0 Å². The molecule has 5 heteroatoms. The van der Waals surface area contributed by atoms with Crippen LogP contribution in [0.5, 0.6) is 0 Å². The molecule has 11 rings (SSSR count). The number of aromatic nitrogens is 4. The van der Waals surface area contributed by atoms with Crippen LogP contribution in [-0.2, 0) is 6.54 Å². The molecule has 54 heavy (non-hydrogen) atoms. The lowest BCUT2D eigenvalue weighted by Gasteiger charge is -2.37. The van der Waals surface area contributed by atoms with Crippen molar-refractivity contribution in [2.45, 2.75) is 6.54 Å². The highest BCUT2D eigenvalue weighted by molar-refractivity contribution is 6.33. The Kier molecular flexibility index (Phi) is 6.78. The van der Waals surface area contributed by atoms with Gasteiger partial charge in [0.05, 0.1) is 22.1 Å². The maximum Gasteiger partial charge on any atom is 0.143 e. The Hall–Kier alpha value is -7.08. The molecule has 5 nitrogen and oxygen atoms in total. The molecule has 11 aromatic rings. The minimum absolute atomic E-state index is 0.518. The first-order chi connectivity index (χ1) is 26.8. The SMILES string of the molecule is c1ccc([N+](Cc2cccnc2)(c2ccccc2)c2ccc(-n3c4cccc5ccc6c7c8ccccc8n(-c8ccccn8)c7cc3c6c54)cc2)cc1. The normalized spacial score (nSPS) is 12.1. The highest BCUT2D eigenvalue weighted by atomic mass is 15.4. The summed E-state index contributed by atoms with van der Waals surface area (Å²) >= 11 is 0.